The number of halogens is 1. The molecule has 1 saturated heterocycles. The first-order valence-corrected chi connectivity index (χ1v) is 8.28. The summed E-state index contributed by atoms with van der Waals surface area (Å²) in [6, 6.07) is 0. The quantitative estimate of drug-likeness (QED) is 0.887. The standard InChI is InChI=1S/C16H27NO2S.ClH/c1-12-10-20-11-14(12)19-9-13(18)8-17-15(2,3)6-7-16(17,4)5;/h10-11,13,18H,6-9H2,1-5H3;1H. The van der Waals surface area contributed by atoms with E-state index in [4.69, 9.17) is 4.74 Å². The summed E-state index contributed by atoms with van der Waals surface area (Å²) in [7, 11) is 0. The van der Waals surface area contributed by atoms with Crippen LogP contribution in [0.25, 0.3) is 0 Å². The number of aliphatic hydroxyl groups is 1. The maximum Gasteiger partial charge on any atom is 0.133 e. The lowest BCUT2D eigenvalue weighted by Gasteiger charge is -2.41. The second-order valence-corrected chi connectivity index (χ2v) is 7.86. The van der Waals surface area contributed by atoms with Crippen molar-refractivity contribution in [2.45, 2.75) is 64.6 Å². The topological polar surface area (TPSA) is 32.7 Å². The van der Waals surface area contributed by atoms with Crippen molar-refractivity contribution in [3.63, 3.8) is 0 Å². The zero-order chi connectivity index (χ0) is 15.0. The highest BCUT2D eigenvalue weighted by molar-refractivity contribution is 7.08. The van der Waals surface area contributed by atoms with Crippen LogP contribution in [0.4, 0.5) is 0 Å². The molecule has 122 valence electrons. The van der Waals surface area contributed by atoms with Gasteiger partial charge in [-0.05, 0) is 52.8 Å². The lowest BCUT2D eigenvalue weighted by molar-refractivity contribution is 0.00529. The number of likely N-dealkylation sites (tertiary alicyclic amines) is 1. The molecule has 0 bridgehead atoms. The van der Waals surface area contributed by atoms with E-state index in [1.807, 2.05) is 12.3 Å². The van der Waals surface area contributed by atoms with Gasteiger partial charge in [-0.15, -0.1) is 23.7 Å². The number of hydrogen-bond acceptors (Lipinski definition) is 4. The molecule has 0 amide bonds. The lowest BCUT2D eigenvalue weighted by atomic mass is 10.0. The average molecular weight is 334 g/mol. The molecule has 1 unspecified atom stereocenters. The van der Waals surface area contributed by atoms with Crippen molar-refractivity contribution < 1.29 is 9.84 Å². The van der Waals surface area contributed by atoms with E-state index < -0.39 is 6.10 Å². The van der Waals surface area contributed by atoms with Crippen LogP contribution in [-0.4, -0.2) is 40.3 Å². The van der Waals surface area contributed by atoms with Gasteiger partial charge in [0.2, 0.25) is 0 Å². The predicted octanol–water partition coefficient (Wildman–Crippen LogP) is 3.87. The van der Waals surface area contributed by atoms with E-state index in [1.54, 1.807) is 11.3 Å². The van der Waals surface area contributed by atoms with Crippen molar-refractivity contribution in [2.75, 3.05) is 13.2 Å². The third-order valence-corrected chi connectivity index (χ3v) is 5.28. The molecule has 3 nitrogen and oxygen atoms in total. The van der Waals surface area contributed by atoms with Crippen molar-refractivity contribution in [1.82, 2.24) is 4.90 Å². The number of nitrogens with zero attached hydrogens (tertiary/aromatic N) is 1. The molecule has 1 N–H and O–H groups in total. The lowest BCUT2D eigenvalue weighted by Crippen LogP contribution is -2.52. The molecule has 0 saturated carbocycles. The number of aliphatic hydroxyl groups excluding tert-OH is 1. The first kappa shape index (κ1) is 18.8. The van der Waals surface area contributed by atoms with Crippen molar-refractivity contribution in [3.8, 4) is 5.75 Å². The molecule has 0 aliphatic carbocycles. The molecule has 5 heteroatoms. The fourth-order valence-corrected chi connectivity index (χ4v) is 3.91. The monoisotopic (exact) mass is 333 g/mol. The van der Waals surface area contributed by atoms with Crippen molar-refractivity contribution in [1.29, 1.82) is 0 Å². The zero-order valence-corrected chi connectivity index (χ0v) is 15.3. The van der Waals surface area contributed by atoms with Crippen LogP contribution in [0.2, 0.25) is 0 Å². The normalized spacial score (nSPS) is 21.8. The SMILES string of the molecule is Cc1cscc1OCC(O)CN1C(C)(C)CCC1(C)C.Cl. The summed E-state index contributed by atoms with van der Waals surface area (Å²) in [4.78, 5) is 2.43. The van der Waals surface area contributed by atoms with E-state index >= 15 is 0 Å². The smallest absolute Gasteiger partial charge is 0.133 e. The second kappa shape index (κ2) is 6.86. The van der Waals surface area contributed by atoms with Crippen LogP contribution in [0.1, 0.15) is 46.1 Å². The second-order valence-electron chi connectivity index (χ2n) is 7.12. The van der Waals surface area contributed by atoms with Crippen LogP contribution in [0.3, 0.4) is 0 Å². The summed E-state index contributed by atoms with van der Waals surface area (Å²) in [5.41, 5.74) is 1.45. The molecule has 0 spiro atoms. The van der Waals surface area contributed by atoms with E-state index in [0.29, 0.717) is 13.2 Å². The van der Waals surface area contributed by atoms with Gasteiger partial charge in [-0.3, -0.25) is 4.90 Å². The maximum absolute atomic E-state index is 10.3. The van der Waals surface area contributed by atoms with E-state index in [1.165, 1.54) is 12.8 Å². The maximum atomic E-state index is 10.3. The van der Waals surface area contributed by atoms with Gasteiger partial charge >= 0.3 is 0 Å². The third kappa shape index (κ3) is 4.35. The minimum atomic E-state index is -0.453. The molecule has 2 heterocycles. The highest BCUT2D eigenvalue weighted by Gasteiger charge is 2.44. The van der Waals surface area contributed by atoms with E-state index in [0.717, 1.165) is 11.3 Å². The Morgan fingerprint density at radius 3 is 2.29 bits per heavy atom. The molecule has 1 fully saturated rings. The molecule has 2 rings (SSSR count). The van der Waals surface area contributed by atoms with Crippen molar-refractivity contribution >= 4 is 23.7 Å². The van der Waals surface area contributed by atoms with Crippen LogP contribution in [0, 0.1) is 6.92 Å². The van der Waals surface area contributed by atoms with Gasteiger partial charge < -0.3 is 9.84 Å². The van der Waals surface area contributed by atoms with Gasteiger partial charge in [0.15, 0.2) is 0 Å². The molecule has 1 aliphatic heterocycles. The van der Waals surface area contributed by atoms with Crippen LogP contribution < -0.4 is 4.74 Å². The summed E-state index contributed by atoms with van der Waals surface area (Å²) in [6.45, 7) is 12.1. The summed E-state index contributed by atoms with van der Waals surface area (Å²) in [5, 5.41) is 14.4. The minimum absolute atomic E-state index is 0. The van der Waals surface area contributed by atoms with Crippen molar-refractivity contribution in [3.05, 3.63) is 16.3 Å². The Kier molecular flexibility index (Phi) is 6.13. The van der Waals surface area contributed by atoms with Crippen LogP contribution >= 0.6 is 23.7 Å². The van der Waals surface area contributed by atoms with Gasteiger partial charge in [0.25, 0.3) is 0 Å². The average Bonchev–Trinajstić information content (AvgIpc) is 2.84. The van der Waals surface area contributed by atoms with Gasteiger partial charge in [-0.1, -0.05) is 0 Å². The molecular weight excluding hydrogens is 306 g/mol. The van der Waals surface area contributed by atoms with Crippen molar-refractivity contribution in [2.24, 2.45) is 0 Å². The summed E-state index contributed by atoms with van der Waals surface area (Å²) >= 11 is 1.63. The summed E-state index contributed by atoms with van der Waals surface area (Å²) < 4.78 is 5.72. The highest BCUT2D eigenvalue weighted by atomic mass is 35.5. The summed E-state index contributed by atoms with van der Waals surface area (Å²) in [6.07, 6.45) is 1.90. The van der Waals surface area contributed by atoms with E-state index in [2.05, 4.69) is 38.0 Å². The predicted molar refractivity (Wildman–Crippen MR) is 91.9 cm³/mol. The molecule has 1 aromatic rings. The first-order chi connectivity index (χ1) is 9.22. The van der Waals surface area contributed by atoms with E-state index in [9.17, 15) is 5.11 Å². The Morgan fingerprint density at radius 2 is 1.81 bits per heavy atom. The number of thiophene rings is 1. The first-order valence-electron chi connectivity index (χ1n) is 7.34. The largest absolute Gasteiger partial charge is 0.490 e. The van der Waals surface area contributed by atoms with Gasteiger partial charge in [0.1, 0.15) is 18.5 Å². The summed E-state index contributed by atoms with van der Waals surface area (Å²) in [5.74, 6) is 0.897. The van der Waals surface area contributed by atoms with E-state index in [-0.39, 0.29) is 23.5 Å². The fourth-order valence-electron chi connectivity index (χ4n) is 3.14. The van der Waals surface area contributed by atoms with Gasteiger partial charge in [0, 0.05) is 28.6 Å². The van der Waals surface area contributed by atoms with Crippen LogP contribution in [0.5, 0.6) is 5.75 Å². The molecule has 21 heavy (non-hydrogen) atoms. The third-order valence-electron chi connectivity index (χ3n) is 4.44. The minimum Gasteiger partial charge on any atom is -0.490 e. The van der Waals surface area contributed by atoms with Gasteiger partial charge in [0.05, 0.1) is 0 Å². The van der Waals surface area contributed by atoms with Gasteiger partial charge in [-0.2, -0.15) is 0 Å². The Bertz CT molecular complexity index is 443. The number of rotatable bonds is 5. The van der Waals surface area contributed by atoms with Crippen LogP contribution in [-0.2, 0) is 0 Å². The number of aryl methyl sites for hydroxylation is 1. The molecule has 1 aromatic heterocycles. The Balaban J connectivity index is 0.00000220. The Hall–Kier alpha value is -0.290. The molecule has 1 aliphatic rings. The Morgan fingerprint density at radius 1 is 1.24 bits per heavy atom. The zero-order valence-electron chi connectivity index (χ0n) is 13.7. The van der Waals surface area contributed by atoms with Crippen LogP contribution in [0.15, 0.2) is 10.8 Å². The Labute approximate surface area is 138 Å². The fraction of sp³-hybridized carbons (Fsp3) is 0.750. The number of β-amino-alcohol motifs (C(OH)–C–C–N with tert-alkyl or cyclic N) is 1. The highest BCUT2D eigenvalue weighted by Crippen LogP contribution is 2.40. The molecule has 0 aromatic carbocycles. The molecule has 0 radical (unpaired) electrons. The van der Waals surface area contributed by atoms with Gasteiger partial charge in [-0.25, -0.2) is 0 Å². The molecule has 1 atom stereocenters. The molecular formula is C16H28ClNO2S. The number of ether oxygens (including phenoxy) is 1. The number of hydrogen-bond donors (Lipinski definition) is 1.